The lowest BCUT2D eigenvalue weighted by atomic mass is 9.73. The Labute approximate surface area is 119 Å². The van der Waals surface area contributed by atoms with Gasteiger partial charge in [0, 0.05) is 13.6 Å². The summed E-state index contributed by atoms with van der Waals surface area (Å²) in [5, 5.41) is 2.85. The highest BCUT2D eigenvalue weighted by atomic mass is 16.2. The highest BCUT2D eigenvalue weighted by Gasteiger charge is 2.55. The predicted octanol–water partition coefficient (Wildman–Crippen LogP) is 0.965. The SMILES string of the molecule is CCN(C)C(=O)CN1C(=O)NC2(CCCCC2C)C1=O. The molecule has 2 aliphatic rings. The first-order valence-electron chi connectivity index (χ1n) is 7.30. The van der Waals surface area contributed by atoms with Crippen LogP contribution in [0, 0.1) is 5.92 Å². The number of nitrogens with one attached hydrogen (secondary N) is 1. The third-order valence-electron chi connectivity index (χ3n) is 4.69. The largest absolute Gasteiger partial charge is 0.344 e. The van der Waals surface area contributed by atoms with E-state index >= 15 is 0 Å². The zero-order valence-corrected chi connectivity index (χ0v) is 12.4. The number of imide groups is 1. The van der Waals surface area contributed by atoms with Crippen LogP contribution in [0.25, 0.3) is 0 Å². The van der Waals surface area contributed by atoms with Crippen molar-refractivity contribution < 1.29 is 14.4 Å². The van der Waals surface area contributed by atoms with Crippen LogP contribution < -0.4 is 5.32 Å². The Kier molecular flexibility index (Phi) is 4.01. The summed E-state index contributed by atoms with van der Waals surface area (Å²) in [6, 6.07) is -0.429. The van der Waals surface area contributed by atoms with E-state index in [4.69, 9.17) is 0 Å². The number of amides is 4. The third-order valence-corrected chi connectivity index (χ3v) is 4.69. The molecule has 1 saturated heterocycles. The van der Waals surface area contributed by atoms with Crippen LogP contribution in [0.5, 0.6) is 0 Å². The summed E-state index contributed by atoms with van der Waals surface area (Å²) < 4.78 is 0. The van der Waals surface area contributed by atoms with Gasteiger partial charge in [-0.2, -0.15) is 0 Å². The van der Waals surface area contributed by atoms with Crippen molar-refractivity contribution in [3.8, 4) is 0 Å². The van der Waals surface area contributed by atoms with Gasteiger partial charge in [-0.3, -0.25) is 14.5 Å². The van der Waals surface area contributed by atoms with Crippen LogP contribution in [0.1, 0.15) is 39.5 Å². The molecule has 1 aliphatic carbocycles. The van der Waals surface area contributed by atoms with Crippen molar-refractivity contribution in [1.82, 2.24) is 15.1 Å². The van der Waals surface area contributed by atoms with E-state index in [1.54, 1.807) is 7.05 Å². The van der Waals surface area contributed by atoms with Gasteiger partial charge in [0.15, 0.2) is 0 Å². The number of nitrogens with zero attached hydrogens (tertiary/aromatic N) is 2. The number of carbonyl (C=O) groups is 3. The molecular formula is C14H23N3O3. The molecule has 20 heavy (non-hydrogen) atoms. The molecule has 1 N–H and O–H groups in total. The lowest BCUT2D eigenvalue weighted by Gasteiger charge is -2.36. The molecule has 2 fully saturated rings. The predicted molar refractivity (Wildman–Crippen MR) is 73.9 cm³/mol. The molecule has 1 heterocycles. The minimum atomic E-state index is -0.777. The average Bonchev–Trinajstić information content (AvgIpc) is 2.66. The first-order valence-corrected chi connectivity index (χ1v) is 7.30. The standard InChI is InChI=1S/C14H23N3O3/c1-4-16(3)11(18)9-17-12(19)14(15-13(17)20)8-6-5-7-10(14)2/h10H,4-9H2,1-3H3,(H,15,20). The van der Waals surface area contributed by atoms with Gasteiger partial charge in [-0.15, -0.1) is 0 Å². The zero-order chi connectivity index (χ0) is 14.9. The molecule has 2 rings (SSSR count). The van der Waals surface area contributed by atoms with E-state index in [2.05, 4.69) is 5.32 Å². The second-order valence-corrected chi connectivity index (χ2v) is 5.85. The molecule has 2 atom stereocenters. The molecule has 6 nitrogen and oxygen atoms in total. The van der Waals surface area contributed by atoms with Crippen molar-refractivity contribution in [2.45, 2.75) is 45.1 Å². The Morgan fingerprint density at radius 1 is 1.45 bits per heavy atom. The molecule has 0 bridgehead atoms. The summed E-state index contributed by atoms with van der Waals surface area (Å²) in [5.74, 6) is -0.319. The molecular weight excluding hydrogens is 258 g/mol. The highest BCUT2D eigenvalue weighted by molar-refractivity contribution is 6.09. The minimum absolute atomic E-state index is 0.122. The molecule has 2 unspecified atom stereocenters. The van der Waals surface area contributed by atoms with Gasteiger partial charge in [0.05, 0.1) is 0 Å². The average molecular weight is 281 g/mol. The Balaban J connectivity index is 2.15. The van der Waals surface area contributed by atoms with Gasteiger partial charge in [-0.1, -0.05) is 19.8 Å². The van der Waals surface area contributed by atoms with Crippen LogP contribution in [0.15, 0.2) is 0 Å². The molecule has 1 spiro atoms. The van der Waals surface area contributed by atoms with Crippen LogP contribution in [0.3, 0.4) is 0 Å². The summed E-state index contributed by atoms with van der Waals surface area (Å²) in [7, 11) is 1.67. The van der Waals surface area contributed by atoms with Gasteiger partial charge in [0.2, 0.25) is 5.91 Å². The molecule has 0 radical (unpaired) electrons. The summed E-state index contributed by atoms with van der Waals surface area (Å²) in [6.07, 6.45) is 3.63. The van der Waals surface area contributed by atoms with E-state index in [0.29, 0.717) is 13.0 Å². The fourth-order valence-electron chi connectivity index (χ4n) is 3.07. The molecule has 0 aromatic heterocycles. The number of urea groups is 1. The van der Waals surface area contributed by atoms with Crippen molar-refractivity contribution in [3.05, 3.63) is 0 Å². The lowest BCUT2D eigenvalue weighted by Crippen LogP contribution is -2.54. The van der Waals surface area contributed by atoms with Crippen molar-refractivity contribution in [1.29, 1.82) is 0 Å². The number of hydrogen-bond donors (Lipinski definition) is 1. The molecule has 1 aliphatic heterocycles. The molecule has 0 aromatic carbocycles. The Morgan fingerprint density at radius 2 is 2.15 bits per heavy atom. The van der Waals surface area contributed by atoms with E-state index in [1.807, 2.05) is 13.8 Å². The maximum absolute atomic E-state index is 12.6. The maximum atomic E-state index is 12.6. The Bertz CT molecular complexity index is 437. The zero-order valence-electron chi connectivity index (χ0n) is 12.4. The maximum Gasteiger partial charge on any atom is 0.325 e. The summed E-state index contributed by atoms with van der Waals surface area (Å²) >= 11 is 0. The molecule has 1 saturated carbocycles. The first kappa shape index (κ1) is 14.8. The molecule has 6 heteroatoms. The van der Waals surface area contributed by atoms with Crippen LogP contribution in [0.2, 0.25) is 0 Å². The first-order chi connectivity index (χ1) is 9.42. The van der Waals surface area contributed by atoms with Crippen LogP contribution >= 0.6 is 0 Å². The smallest absolute Gasteiger partial charge is 0.325 e. The minimum Gasteiger partial charge on any atom is -0.344 e. The molecule has 0 aromatic rings. The highest BCUT2D eigenvalue weighted by Crippen LogP contribution is 2.38. The normalized spacial score (nSPS) is 29.8. The fourth-order valence-corrected chi connectivity index (χ4v) is 3.07. The lowest BCUT2D eigenvalue weighted by molar-refractivity contribution is -0.140. The Morgan fingerprint density at radius 3 is 2.75 bits per heavy atom. The topological polar surface area (TPSA) is 69.7 Å². The second-order valence-electron chi connectivity index (χ2n) is 5.85. The summed E-state index contributed by atoms with van der Waals surface area (Å²) in [5.41, 5.74) is -0.777. The second kappa shape index (κ2) is 5.42. The summed E-state index contributed by atoms with van der Waals surface area (Å²) in [4.78, 5) is 39.2. The van der Waals surface area contributed by atoms with E-state index in [9.17, 15) is 14.4 Å². The third kappa shape index (κ3) is 2.27. The van der Waals surface area contributed by atoms with Crippen LogP contribution in [-0.4, -0.2) is 53.3 Å². The van der Waals surface area contributed by atoms with Crippen LogP contribution in [-0.2, 0) is 9.59 Å². The van der Waals surface area contributed by atoms with E-state index < -0.39 is 11.6 Å². The fraction of sp³-hybridized carbons (Fsp3) is 0.786. The van der Waals surface area contributed by atoms with Crippen LogP contribution in [0.4, 0.5) is 4.79 Å². The van der Waals surface area contributed by atoms with E-state index in [1.165, 1.54) is 4.90 Å². The van der Waals surface area contributed by atoms with Gasteiger partial charge in [-0.05, 0) is 25.7 Å². The van der Waals surface area contributed by atoms with Gasteiger partial charge in [0.1, 0.15) is 12.1 Å². The van der Waals surface area contributed by atoms with E-state index in [-0.39, 0.29) is 24.3 Å². The number of hydrogen-bond acceptors (Lipinski definition) is 3. The van der Waals surface area contributed by atoms with Crippen molar-refractivity contribution in [3.63, 3.8) is 0 Å². The number of likely N-dealkylation sites (N-methyl/N-ethyl adjacent to an activating group) is 1. The quantitative estimate of drug-likeness (QED) is 0.784. The monoisotopic (exact) mass is 281 g/mol. The van der Waals surface area contributed by atoms with Crippen molar-refractivity contribution in [2.75, 3.05) is 20.1 Å². The molecule has 112 valence electrons. The Hall–Kier alpha value is -1.59. The van der Waals surface area contributed by atoms with Crippen molar-refractivity contribution >= 4 is 17.8 Å². The van der Waals surface area contributed by atoms with Gasteiger partial charge < -0.3 is 10.2 Å². The van der Waals surface area contributed by atoms with Gasteiger partial charge >= 0.3 is 6.03 Å². The van der Waals surface area contributed by atoms with Gasteiger partial charge in [0.25, 0.3) is 5.91 Å². The van der Waals surface area contributed by atoms with Crippen molar-refractivity contribution in [2.24, 2.45) is 5.92 Å². The van der Waals surface area contributed by atoms with E-state index in [0.717, 1.165) is 24.2 Å². The molecule has 4 amide bonds. The number of rotatable bonds is 3. The van der Waals surface area contributed by atoms with Gasteiger partial charge in [-0.25, -0.2) is 4.79 Å². The summed E-state index contributed by atoms with van der Waals surface area (Å²) in [6.45, 7) is 4.25. The number of carbonyl (C=O) groups excluding carboxylic acids is 3.